The van der Waals surface area contributed by atoms with Crippen molar-refractivity contribution in [3.05, 3.63) is 70.8 Å². The molecule has 1 fully saturated rings. The SMILES string of the molecule is C#CC1(COC(=O)c2ccc(C)cc2)OC(=O)CC1OC(=O)c1ccc(C)cc1. The van der Waals surface area contributed by atoms with E-state index in [1.807, 2.05) is 13.8 Å². The third kappa shape index (κ3) is 4.46. The summed E-state index contributed by atoms with van der Waals surface area (Å²) in [4.78, 5) is 36.6. The minimum atomic E-state index is -1.67. The molecule has 3 rings (SSSR count). The summed E-state index contributed by atoms with van der Waals surface area (Å²) in [6.45, 7) is 3.37. The van der Waals surface area contributed by atoms with E-state index < -0.39 is 36.2 Å². The molecule has 29 heavy (non-hydrogen) atoms. The monoisotopic (exact) mass is 392 g/mol. The molecular formula is C23H20O6. The van der Waals surface area contributed by atoms with E-state index in [-0.39, 0.29) is 6.42 Å². The van der Waals surface area contributed by atoms with Crippen molar-refractivity contribution in [2.24, 2.45) is 0 Å². The summed E-state index contributed by atoms with van der Waals surface area (Å²) >= 11 is 0. The van der Waals surface area contributed by atoms with Gasteiger partial charge in [0.25, 0.3) is 0 Å². The van der Waals surface area contributed by atoms with Gasteiger partial charge >= 0.3 is 17.9 Å². The lowest BCUT2D eigenvalue weighted by Gasteiger charge is -2.27. The van der Waals surface area contributed by atoms with Crippen molar-refractivity contribution in [1.29, 1.82) is 0 Å². The first kappa shape index (κ1) is 20.2. The predicted octanol–water partition coefficient (Wildman–Crippen LogP) is 3.00. The van der Waals surface area contributed by atoms with Crippen LogP contribution < -0.4 is 0 Å². The van der Waals surface area contributed by atoms with Crippen LogP contribution in [0.25, 0.3) is 0 Å². The molecular weight excluding hydrogens is 372 g/mol. The van der Waals surface area contributed by atoms with Gasteiger partial charge in [0.15, 0.2) is 6.10 Å². The first-order valence-corrected chi connectivity index (χ1v) is 9.04. The highest BCUT2D eigenvalue weighted by molar-refractivity contribution is 5.90. The topological polar surface area (TPSA) is 78.9 Å². The lowest BCUT2D eigenvalue weighted by molar-refractivity contribution is -0.149. The number of aryl methyl sites for hydroxylation is 2. The van der Waals surface area contributed by atoms with Gasteiger partial charge < -0.3 is 14.2 Å². The molecule has 2 atom stereocenters. The van der Waals surface area contributed by atoms with E-state index >= 15 is 0 Å². The summed E-state index contributed by atoms with van der Waals surface area (Å²) in [7, 11) is 0. The number of carbonyl (C=O) groups is 3. The molecule has 0 N–H and O–H groups in total. The van der Waals surface area contributed by atoms with Crippen molar-refractivity contribution in [1.82, 2.24) is 0 Å². The quantitative estimate of drug-likeness (QED) is 0.442. The molecule has 2 aromatic rings. The Hall–Kier alpha value is -3.59. The third-order valence-electron chi connectivity index (χ3n) is 4.65. The first-order chi connectivity index (χ1) is 13.8. The Kier molecular flexibility index (Phi) is 5.69. The Morgan fingerprint density at radius 2 is 1.55 bits per heavy atom. The molecule has 1 saturated heterocycles. The normalized spacial score (nSPS) is 20.4. The number of terminal acetylenes is 1. The zero-order valence-corrected chi connectivity index (χ0v) is 16.1. The van der Waals surface area contributed by atoms with E-state index in [9.17, 15) is 14.4 Å². The Labute approximate surface area is 168 Å². The van der Waals surface area contributed by atoms with Crippen molar-refractivity contribution in [2.75, 3.05) is 6.61 Å². The zero-order valence-electron chi connectivity index (χ0n) is 16.1. The third-order valence-corrected chi connectivity index (χ3v) is 4.65. The molecule has 0 spiro atoms. The van der Waals surface area contributed by atoms with Gasteiger partial charge in [0.05, 0.1) is 17.5 Å². The van der Waals surface area contributed by atoms with Gasteiger partial charge in [-0.25, -0.2) is 9.59 Å². The number of ether oxygens (including phenoxy) is 3. The van der Waals surface area contributed by atoms with Crippen molar-refractivity contribution in [3.8, 4) is 12.3 Å². The fraction of sp³-hybridized carbons (Fsp3) is 0.261. The molecule has 2 unspecified atom stereocenters. The molecule has 0 saturated carbocycles. The highest BCUT2D eigenvalue weighted by Gasteiger charge is 2.52. The highest BCUT2D eigenvalue weighted by atomic mass is 16.6. The summed E-state index contributed by atoms with van der Waals surface area (Å²) in [5.74, 6) is 0.453. The molecule has 148 valence electrons. The van der Waals surface area contributed by atoms with Crippen LogP contribution >= 0.6 is 0 Å². The summed E-state index contributed by atoms with van der Waals surface area (Å²) in [5.41, 5.74) is 0.965. The Balaban J connectivity index is 1.72. The molecule has 0 aromatic heterocycles. The highest BCUT2D eigenvalue weighted by Crippen LogP contribution is 2.31. The van der Waals surface area contributed by atoms with Crippen molar-refractivity contribution < 1.29 is 28.6 Å². The average Bonchev–Trinajstić information content (AvgIpc) is 3.02. The fourth-order valence-electron chi connectivity index (χ4n) is 2.88. The van der Waals surface area contributed by atoms with E-state index in [1.165, 1.54) is 0 Å². The molecule has 0 bridgehead atoms. The molecule has 6 heteroatoms. The van der Waals surface area contributed by atoms with E-state index in [0.29, 0.717) is 11.1 Å². The van der Waals surface area contributed by atoms with Crippen LogP contribution in [0.2, 0.25) is 0 Å². The van der Waals surface area contributed by atoms with Gasteiger partial charge in [-0.05, 0) is 38.1 Å². The van der Waals surface area contributed by atoms with Crippen LogP contribution in [0.3, 0.4) is 0 Å². The van der Waals surface area contributed by atoms with E-state index in [1.54, 1.807) is 48.5 Å². The molecule has 6 nitrogen and oxygen atoms in total. The molecule has 1 heterocycles. The van der Waals surface area contributed by atoms with Crippen molar-refractivity contribution in [2.45, 2.75) is 32.0 Å². The fourth-order valence-corrected chi connectivity index (χ4v) is 2.88. The number of hydrogen-bond donors (Lipinski definition) is 0. The second-order valence-electron chi connectivity index (χ2n) is 6.91. The lowest BCUT2D eigenvalue weighted by atomic mass is 9.98. The number of carbonyl (C=O) groups excluding carboxylic acids is 3. The first-order valence-electron chi connectivity index (χ1n) is 9.04. The van der Waals surface area contributed by atoms with Crippen molar-refractivity contribution >= 4 is 17.9 Å². The molecule has 0 amide bonds. The van der Waals surface area contributed by atoms with Crippen LogP contribution in [0.4, 0.5) is 0 Å². The smallest absolute Gasteiger partial charge is 0.338 e. The van der Waals surface area contributed by atoms with Gasteiger partial charge in [-0.1, -0.05) is 41.3 Å². The Morgan fingerprint density at radius 3 is 2.07 bits per heavy atom. The van der Waals surface area contributed by atoms with Gasteiger partial charge in [0.1, 0.15) is 6.61 Å². The molecule has 0 aliphatic carbocycles. The van der Waals surface area contributed by atoms with Gasteiger partial charge in [0, 0.05) is 0 Å². The van der Waals surface area contributed by atoms with Crippen LogP contribution in [0, 0.1) is 26.2 Å². The average molecular weight is 392 g/mol. The maximum Gasteiger partial charge on any atom is 0.338 e. The number of cyclic esters (lactones) is 1. The summed E-state index contributed by atoms with van der Waals surface area (Å²) in [6.07, 6.45) is 4.30. The molecule has 1 aliphatic heterocycles. The minimum absolute atomic E-state index is 0.218. The zero-order chi connectivity index (χ0) is 21.0. The van der Waals surface area contributed by atoms with Crippen LogP contribution in [-0.2, 0) is 19.0 Å². The van der Waals surface area contributed by atoms with Gasteiger partial charge in [-0.2, -0.15) is 0 Å². The standard InChI is InChI=1S/C23H20O6/c1-4-23(14-27-21(25)17-9-5-15(2)6-10-17)19(13-20(24)29-23)28-22(26)18-11-7-16(3)8-12-18/h1,5-12,19H,13-14H2,2-3H3. The number of esters is 3. The Bertz CT molecular complexity index is 968. The van der Waals surface area contributed by atoms with Crippen molar-refractivity contribution in [3.63, 3.8) is 0 Å². The van der Waals surface area contributed by atoms with Gasteiger partial charge in [0.2, 0.25) is 5.60 Å². The number of benzene rings is 2. The van der Waals surface area contributed by atoms with Gasteiger partial charge in [-0.3, -0.25) is 4.79 Å². The summed E-state index contributed by atoms with van der Waals surface area (Å²) in [6, 6.07) is 13.6. The number of rotatable bonds is 5. The number of hydrogen-bond acceptors (Lipinski definition) is 6. The maximum atomic E-state index is 12.4. The van der Waals surface area contributed by atoms with E-state index in [0.717, 1.165) is 11.1 Å². The lowest BCUT2D eigenvalue weighted by Crippen LogP contribution is -2.45. The van der Waals surface area contributed by atoms with Crippen LogP contribution in [0.1, 0.15) is 38.3 Å². The van der Waals surface area contributed by atoms with E-state index in [2.05, 4.69) is 5.92 Å². The summed E-state index contributed by atoms with van der Waals surface area (Å²) < 4.78 is 16.0. The second-order valence-corrected chi connectivity index (χ2v) is 6.91. The second kappa shape index (κ2) is 8.19. The molecule has 1 aliphatic rings. The Morgan fingerprint density at radius 1 is 1.03 bits per heavy atom. The van der Waals surface area contributed by atoms with E-state index in [4.69, 9.17) is 20.6 Å². The largest absolute Gasteiger partial charge is 0.457 e. The van der Waals surface area contributed by atoms with Crippen LogP contribution in [0.5, 0.6) is 0 Å². The minimum Gasteiger partial charge on any atom is -0.457 e. The maximum absolute atomic E-state index is 12.4. The van der Waals surface area contributed by atoms with Crippen LogP contribution in [-0.4, -0.2) is 36.2 Å². The molecule has 2 aromatic carbocycles. The van der Waals surface area contributed by atoms with Crippen LogP contribution in [0.15, 0.2) is 48.5 Å². The predicted molar refractivity (Wildman–Crippen MR) is 104 cm³/mol. The summed E-state index contributed by atoms with van der Waals surface area (Å²) in [5, 5.41) is 0. The van der Waals surface area contributed by atoms with Gasteiger partial charge in [-0.15, -0.1) is 6.42 Å². The molecule has 0 radical (unpaired) electrons.